The van der Waals surface area contributed by atoms with Crippen LogP contribution in [0.25, 0.3) is 0 Å². The van der Waals surface area contributed by atoms with E-state index in [-0.39, 0.29) is 0 Å². The summed E-state index contributed by atoms with van der Waals surface area (Å²) in [6, 6.07) is 1.70. The lowest BCUT2D eigenvalue weighted by atomic mass is 10.4. The Balaban J connectivity index is 2.60. The van der Waals surface area contributed by atoms with E-state index < -0.39 is 10.0 Å². The minimum Gasteiger partial charge on any atom is -0.356 e. The Hall–Kier alpha value is -0.300. The first-order valence-electron chi connectivity index (χ1n) is 4.08. The van der Waals surface area contributed by atoms with Crippen molar-refractivity contribution < 1.29 is 8.42 Å². The van der Waals surface area contributed by atoms with E-state index >= 15 is 0 Å². The third-order valence-electron chi connectivity index (χ3n) is 2.06. The summed E-state index contributed by atoms with van der Waals surface area (Å²) in [4.78, 5) is 1.93. The largest absolute Gasteiger partial charge is 0.356 e. The number of rotatable bonds is 1. The second-order valence-electron chi connectivity index (χ2n) is 2.89. The van der Waals surface area contributed by atoms with E-state index in [0.29, 0.717) is 20.9 Å². The molecule has 0 atom stereocenters. The zero-order chi connectivity index (χ0) is 10.3. The predicted octanol–water partition coefficient (Wildman–Crippen LogP) is 1.48. The minimum atomic E-state index is -3.32. The standard InChI is InChI=1S/C7H9ClN2O2S2/c1-2-10-4-9-14(11,12)7-5(10)3-6(8)13-7/h3,9H,2,4H2,1H3. The van der Waals surface area contributed by atoms with Gasteiger partial charge in [0.05, 0.1) is 16.7 Å². The average molecular weight is 253 g/mol. The molecule has 0 spiro atoms. The Morgan fingerprint density at radius 1 is 1.71 bits per heavy atom. The summed E-state index contributed by atoms with van der Waals surface area (Å²) in [7, 11) is -3.32. The van der Waals surface area contributed by atoms with Gasteiger partial charge in [0.1, 0.15) is 0 Å². The van der Waals surface area contributed by atoms with Crippen molar-refractivity contribution in [1.29, 1.82) is 0 Å². The molecule has 2 heterocycles. The lowest BCUT2D eigenvalue weighted by Crippen LogP contribution is -2.42. The van der Waals surface area contributed by atoms with Gasteiger partial charge in [-0.25, -0.2) is 8.42 Å². The molecule has 1 aliphatic heterocycles. The summed E-state index contributed by atoms with van der Waals surface area (Å²) in [6.45, 7) is 3.04. The summed E-state index contributed by atoms with van der Waals surface area (Å²) in [6.07, 6.45) is 0. The first kappa shape index (κ1) is 10.2. The zero-order valence-electron chi connectivity index (χ0n) is 7.45. The van der Waals surface area contributed by atoms with Crippen LogP contribution in [0.4, 0.5) is 5.69 Å². The Labute approximate surface area is 91.5 Å². The molecule has 0 saturated heterocycles. The number of thiophene rings is 1. The topological polar surface area (TPSA) is 49.4 Å². The van der Waals surface area contributed by atoms with Gasteiger partial charge >= 0.3 is 0 Å². The normalized spacial score (nSPS) is 19.4. The van der Waals surface area contributed by atoms with E-state index in [9.17, 15) is 8.42 Å². The number of sulfonamides is 1. The molecule has 4 nitrogen and oxygen atoms in total. The van der Waals surface area contributed by atoms with Crippen molar-refractivity contribution in [2.75, 3.05) is 18.1 Å². The molecule has 1 aliphatic rings. The van der Waals surface area contributed by atoms with Gasteiger partial charge in [-0.05, 0) is 13.0 Å². The lowest BCUT2D eigenvalue weighted by Gasteiger charge is -2.27. The van der Waals surface area contributed by atoms with Crippen molar-refractivity contribution in [3.63, 3.8) is 0 Å². The monoisotopic (exact) mass is 252 g/mol. The molecule has 7 heteroatoms. The number of halogens is 1. The Bertz CT molecular complexity index is 454. The Kier molecular flexibility index (Phi) is 2.46. The van der Waals surface area contributed by atoms with Gasteiger partial charge in [-0.3, -0.25) is 0 Å². The minimum absolute atomic E-state index is 0.315. The first-order valence-corrected chi connectivity index (χ1v) is 6.76. The molecule has 1 aromatic heterocycles. The Morgan fingerprint density at radius 3 is 3.07 bits per heavy atom. The molecule has 2 rings (SSSR count). The molecule has 0 amide bonds. The van der Waals surface area contributed by atoms with Gasteiger partial charge in [0.15, 0.2) is 4.21 Å². The molecule has 1 aromatic rings. The molecule has 0 saturated carbocycles. The van der Waals surface area contributed by atoms with Crippen molar-refractivity contribution in [3.05, 3.63) is 10.4 Å². The number of hydrogen-bond donors (Lipinski definition) is 1. The van der Waals surface area contributed by atoms with Crippen molar-refractivity contribution in [2.24, 2.45) is 0 Å². The molecule has 0 fully saturated rings. The van der Waals surface area contributed by atoms with Crippen molar-refractivity contribution in [1.82, 2.24) is 4.72 Å². The fourth-order valence-corrected chi connectivity index (χ4v) is 4.26. The van der Waals surface area contributed by atoms with E-state index in [2.05, 4.69) is 4.72 Å². The fraction of sp³-hybridized carbons (Fsp3) is 0.429. The van der Waals surface area contributed by atoms with Crippen molar-refractivity contribution in [3.8, 4) is 0 Å². The maximum Gasteiger partial charge on any atom is 0.253 e. The van der Waals surface area contributed by atoms with Crippen LogP contribution in [0.5, 0.6) is 0 Å². The van der Waals surface area contributed by atoms with Gasteiger partial charge in [0.25, 0.3) is 10.0 Å². The van der Waals surface area contributed by atoms with E-state index in [1.165, 1.54) is 0 Å². The van der Waals surface area contributed by atoms with Crippen LogP contribution >= 0.6 is 22.9 Å². The molecular formula is C7H9ClN2O2S2. The summed E-state index contributed by atoms with van der Waals surface area (Å²) >= 11 is 6.89. The zero-order valence-corrected chi connectivity index (χ0v) is 9.84. The molecule has 0 unspecified atom stereocenters. The van der Waals surface area contributed by atoms with Crippen LogP contribution in [-0.2, 0) is 10.0 Å². The van der Waals surface area contributed by atoms with E-state index in [1.54, 1.807) is 6.07 Å². The van der Waals surface area contributed by atoms with Crippen LogP contribution < -0.4 is 9.62 Å². The van der Waals surface area contributed by atoms with Crippen LogP contribution in [0.15, 0.2) is 10.3 Å². The smallest absolute Gasteiger partial charge is 0.253 e. The SMILES string of the molecule is CCN1CNS(=O)(=O)c2sc(Cl)cc21. The molecule has 0 radical (unpaired) electrons. The van der Waals surface area contributed by atoms with E-state index in [0.717, 1.165) is 17.9 Å². The second-order valence-corrected chi connectivity index (χ2v) is 6.53. The molecule has 14 heavy (non-hydrogen) atoms. The molecule has 1 N–H and O–H groups in total. The maximum absolute atomic E-state index is 11.6. The molecule has 0 aromatic carbocycles. The average Bonchev–Trinajstić information content (AvgIpc) is 2.48. The number of hydrogen-bond acceptors (Lipinski definition) is 4. The highest BCUT2D eigenvalue weighted by Crippen LogP contribution is 2.38. The van der Waals surface area contributed by atoms with Gasteiger partial charge in [-0.2, -0.15) is 4.72 Å². The summed E-state index contributed by atoms with van der Waals surface area (Å²) < 4.78 is 26.4. The van der Waals surface area contributed by atoms with Gasteiger partial charge in [-0.15, -0.1) is 11.3 Å². The van der Waals surface area contributed by atoms with Crippen LogP contribution in [-0.4, -0.2) is 21.6 Å². The third-order valence-corrected chi connectivity index (χ3v) is 5.22. The lowest BCUT2D eigenvalue weighted by molar-refractivity contribution is 0.575. The van der Waals surface area contributed by atoms with E-state index in [1.807, 2.05) is 11.8 Å². The number of nitrogens with one attached hydrogen (secondary N) is 1. The highest BCUT2D eigenvalue weighted by Gasteiger charge is 2.29. The van der Waals surface area contributed by atoms with Crippen LogP contribution in [0.1, 0.15) is 6.92 Å². The van der Waals surface area contributed by atoms with E-state index in [4.69, 9.17) is 11.6 Å². The summed E-state index contributed by atoms with van der Waals surface area (Å²) in [5.41, 5.74) is 0.709. The van der Waals surface area contributed by atoms with Gasteiger partial charge in [0.2, 0.25) is 0 Å². The summed E-state index contributed by atoms with van der Waals surface area (Å²) in [5, 5.41) is 0. The number of anilines is 1. The maximum atomic E-state index is 11.6. The van der Waals surface area contributed by atoms with Crippen molar-refractivity contribution in [2.45, 2.75) is 11.1 Å². The molecule has 0 bridgehead atoms. The molecular weight excluding hydrogens is 244 g/mol. The Morgan fingerprint density at radius 2 is 2.43 bits per heavy atom. The van der Waals surface area contributed by atoms with Gasteiger partial charge < -0.3 is 4.90 Å². The predicted molar refractivity (Wildman–Crippen MR) is 57.5 cm³/mol. The van der Waals surface area contributed by atoms with Crippen LogP contribution in [0, 0.1) is 0 Å². The summed E-state index contributed by atoms with van der Waals surface area (Å²) in [5.74, 6) is 0. The highest BCUT2D eigenvalue weighted by atomic mass is 35.5. The van der Waals surface area contributed by atoms with Crippen LogP contribution in [0.3, 0.4) is 0 Å². The quantitative estimate of drug-likeness (QED) is 0.824. The van der Waals surface area contributed by atoms with Crippen LogP contribution in [0.2, 0.25) is 4.34 Å². The molecule has 78 valence electrons. The first-order chi connectivity index (χ1) is 6.54. The number of fused-ring (bicyclic) bond motifs is 1. The van der Waals surface area contributed by atoms with Crippen molar-refractivity contribution >= 4 is 38.6 Å². The van der Waals surface area contributed by atoms with Gasteiger partial charge in [0, 0.05) is 6.54 Å². The molecule has 0 aliphatic carbocycles. The fourth-order valence-electron chi connectivity index (χ4n) is 1.35. The number of nitrogens with zero attached hydrogens (tertiary/aromatic N) is 1. The highest BCUT2D eigenvalue weighted by molar-refractivity contribution is 7.92. The third kappa shape index (κ3) is 1.52. The second kappa shape index (κ2) is 3.37. The van der Waals surface area contributed by atoms with Gasteiger partial charge in [-0.1, -0.05) is 11.6 Å².